The zero-order chi connectivity index (χ0) is 38.6. The van der Waals surface area contributed by atoms with Crippen molar-refractivity contribution in [3.63, 3.8) is 0 Å². The molecule has 5 fully saturated rings. The Kier molecular flexibility index (Phi) is 14.0. The van der Waals surface area contributed by atoms with Gasteiger partial charge in [0, 0.05) is 38.5 Å². The number of allylic oxidation sites excluding steroid dienone is 2. The molecule has 3 aliphatic heterocycles. The molecule has 5 rings (SSSR count). The fourth-order valence-electron chi connectivity index (χ4n) is 9.93. The predicted octanol–water partition coefficient (Wildman–Crippen LogP) is 7.56. The Labute approximate surface area is 319 Å². The largest absolute Gasteiger partial charge is 0.460 e. The summed E-state index contributed by atoms with van der Waals surface area (Å²) in [6.45, 7) is 15.7. The van der Waals surface area contributed by atoms with Crippen molar-refractivity contribution in [3.05, 3.63) is 23.3 Å². The van der Waals surface area contributed by atoms with E-state index >= 15 is 0 Å². The lowest BCUT2D eigenvalue weighted by Gasteiger charge is -2.50. The normalized spacial score (nSPS) is 40.0. The summed E-state index contributed by atoms with van der Waals surface area (Å²) in [5.74, 6) is -0.241. The molecule has 302 valence electrons. The van der Waals surface area contributed by atoms with Gasteiger partial charge in [0.1, 0.15) is 35.6 Å². The van der Waals surface area contributed by atoms with Crippen LogP contribution in [0.15, 0.2) is 23.3 Å². The predicted molar refractivity (Wildman–Crippen MR) is 205 cm³/mol. The van der Waals surface area contributed by atoms with Crippen LogP contribution in [0.3, 0.4) is 0 Å². The van der Waals surface area contributed by atoms with E-state index in [0.29, 0.717) is 19.4 Å². The maximum absolute atomic E-state index is 13.0. The van der Waals surface area contributed by atoms with Crippen LogP contribution in [0.2, 0.25) is 0 Å². The van der Waals surface area contributed by atoms with E-state index in [-0.39, 0.29) is 82.7 Å². The maximum atomic E-state index is 13.0. The molecule has 0 radical (unpaired) electrons. The molecular formula is C43H71NO9. The van der Waals surface area contributed by atoms with Crippen LogP contribution in [0.5, 0.6) is 0 Å². The third-order valence-electron chi connectivity index (χ3n) is 13.3. The summed E-state index contributed by atoms with van der Waals surface area (Å²) in [5.41, 5.74) is 1.47. The number of nitrogens with one attached hydrogen (secondary N) is 1. The minimum atomic E-state index is -0.343. The van der Waals surface area contributed by atoms with Gasteiger partial charge in [-0.05, 0) is 107 Å². The first kappa shape index (κ1) is 42.3. The van der Waals surface area contributed by atoms with E-state index in [2.05, 4.69) is 65.9 Å². The summed E-state index contributed by atoms with van der Waals surface area (Å²) in [7, 11) is 5.44. The summed E-state index contributed by atoms with van der Waals surface area (Å²) < 4.78 is 43.0. The molecule has 3 heterocycles. The van der Waals surface area contributed by atoms with Crippen molar-refractivity contribution in [1.82, 2.24) is 5.32 Å². The highest BCUT2D eigenvalue weighted by Crippen LogP contribution is 2.60. The van der Waals surface area contributed by atoms with Gasteiger partial charge in [0.2, 0.25) is 0 Å². The number of methoxy groups -OCH3 is 2. The summed E-state index contributed by atoms with van der Waals surface area (Å²) in [5, 5.41) is 3.56. The van der Waals surface area contributed by atoms with Crippen LogP contribution in [0.25, 0.3) is 0 Å². The van der Waals surface area contributed by atoms with Crippen molar-refractivity contribution in [2.75, 3.05) is 27.9 Å². The first-order valence-electron chi connectivity index (χ1n) is 20.6. The van der Waals surface area contributed by atoms with Crippen LogP contribution < -0.4 is 5.32 Å². The van der Waals surface area contributed by atoms with E-state index in [1.54, 1.807) is 14.2 Å². The van der Waals surface area contributed by atoms with Crippen molar-refractivity contribution in [3.8, 4) is 0 Å². The molecule has 2 aliphatic carbocycles. The number of ether oxygens (including phenoxy) is 7. The number of hydrogen-bond acceptors (Lipinski definition) is 10. The van der Waals surface area contributed by atoms with Gasteiger partial charge >= 0.3 is 11.9 Å². The molecule has 0 aromatic carbocycles. The van der Waals surface area contributed by atoms with E-state index in [4.69, 9.17) is 33.2 Å². The Morgan fingerprint density at radius 1 is 0.698 bits per heavy atom. The lowest BCUT2D eigenvalue weighted by Crippen LogP contribution is -2.63. The Morgan fingerprint density at radius 3 is 1.57 bits per heavy atom. The lowest BCUT2D eigenvalue weighted by atomic mass is 9.64. The van der Waals surface area contributed by atoms with Crippen molar-refractivity contribution in [2.45, 2.75) is 197 Å². The Balaban J connectivity index is 0.984. The van der Waals surface area contributed by atoms with Gasteiger partial charge in [0.15, 0.2) is 0 Å². The quantitative estimate of drug-likeness (QED) is 0.0579. The fourth-order valence-corrected chi connectivity index (χ4v) is 9.93. The minimum Gasteiger partial charge on any atom is -0.460 e. The van der Waals surface area contributed by atoms with Crippen LogP contribution in [0, 0.1) is 11.8 Å². The topological polar surface area (TPSA) is 121 Å². The summed E-state index contributed by atoms with van der Waals surface area (Å²) in [6.07, 6.45) is 14.9. The van der Waals surface area contributed by atoms with E-state index in [0.717, 1.165) is 77.0 Å². The standard InChI is InChI=1S/C43H71NO9/c1-28(2)19-21-32-41(6,52-32)38-36(47-9)30(23-25-40(38,5)44-8)50-34(45)17-15-13-11-12-14-16-18-35(46)51-31-24-26-43(27-49-43)39(37(31)48-10)42(7)33(53-42)22-20-29(3)4/h19-20,30-33,36-39,44H,11-18,21-27H2,1-10H3/t30-,31-,32-,33-,36-,37-,38+,39-,40-,41+,42+,43+/m1/s1. The molecule has 2 saturated carbocycles. The Morgan fingerprint density at radius 2 is 1.13 bits per heavy atom. The zero-order valence-corrected chi connectivity index (χ0v) is 34.6. The van der Waals surface area contributed by atoms with Crippen LogP contribution in [0.1, 0.15) is 138 Å². The average molecular weight is 746 g/mol. The second kappa shape index (κ2) is 17.5. The first-order chi connectivity index (χ1) is 25.2. The average Bonchev–Trinajstić information content (AvgIpc) is 4.07. The molecule has 5 aliphatic rings. The Bertz CT molecular complexity index is 1320. The fraction of sp³-hybridized carbons (Fsp3) is 0.860. The van der Waals surface area contributed by atoms with Gasteiger partial charge in [0.25, 0.3) is 0 Å². The van der Waals surface area contributed by atoms with E-state index < -0.39 is 0 Å². The molecule has 53 heavy (non-hydrogen) atoms. The molecular weight excluding hydrogens is 674 g/mol. The minimum absolute atomic E-state index is 0.0284. The van der Waals surface area contributed by atoms with Gasteiger partial charge in [-0.1, -0.05) is 49.0 Å². The van der Waals surface area contributed by atoms with Crippen molar-refractivity contribution in [1.29, 1.82) is 0 Å². The highest BCUT2D eigenvalue weighted by Gasteiger charge is 2.72. The number of rotatable bonds is 20. The molecule has 1 spiro atoms. The van der Waals surface area contributed by atoms with Gasteiger partial charge in [-0.25, -0.2) is 0 Å². The molecule has 0 aromatic rings. The number of epoxide rings is 3. The number of unbranched alkanes of at least 4 members (excludes halogenated alkanes) is 5. The first-order valence-corrected chi connectivity index (χ1v) is 20.6. The summed E-state index contributed by atoms with van der Waals surface area (Å²) in [4.78, 5) is 26.0. The second-order valence-corrected chi connectivity index (χ2v) is 17.7. The number of carbonyl (C=O) groups is 2. The molecule has 0 aromatic heterocycles. The van der Waals surface area contributed by atoms with Crippen LogP contribution in [-0.2, 0) is 42.7 Å². The molecule has 0 amide bonds. The number of esters is 2. The van der Waals surface area contributed by atoms with Crippen molar-refractivity contribution < 1.29 is 42.7 Å². The summed E-state index contributed by atoms with van der Waals surface area (Å²) >= 11 is 0. The van der Waals surface area contributed by atoms with Gasteiger partial charge in [-0.15, -0.1) is 0 Å². The number of carbonyl (C=O) groups excluding carboxylic acids is 2. The second-order valence-electron chi connectivity index (χ2n) is 17.7. The monoisotopic (exact) mass is 746 g/mol. The number of hydrogen-bond donors (Lipinski definition) is 1. The third-order valence-corrected chi connectivity index (χ3v) is 13.3. The molecule has 1 N–H and O–H groups in total. The third kappa shape index (κ3) is 9.77. The Hall–Kier alpha value is -1.82. The molecule has 12 atom stereocenters. The van der Waals surface area contributed by atoms with E-state index in [1.807, 2.05) is 7.05 Å². The van der Waals surface area contributed by atoms with E-state index in [1.165, 1.54) is 11.1 Å². The van der Waals surface area contributed by atoms with Crippen molar-refractivity contribution >= 4 is 11.9 Å². The van der Waals surface area contributed by atoms with Gasteiger partial charge in [0.05, 0.1) is 30.3 Å². The smallest absolute Gasteiger partial charge is 0.306 e. The van der Waals surface area contributed by atoms with Crippen LogP contribution in [-0.4, -0.2) is 98.8 Å². The SMILES string of the molecule is CN[C@]1(C)CC[C@@H](OC(=O)CCCCCCCCC(=O)O[C@@H]2CC[C@]3(CO3)[C@@H]([C@@]3(C)O[C@@H]3CC=C(C)C)[C@@H]2OC)[C@@H](OC)[C@@H]1[C@@]1(C)O[C@@H]1CC=C(C)C. The van der Waals surface area contributed by atoms with Gasteiger partial charge in [-0.3, -0.25) is 9.59 Å². The molecule has 10 nitrogen and oxygen atoms in total. The molecule has 0 unspecified atom stereocenters. The zero-order valence-electron chi connectivity index (χ0n) is 34.6. The molecule has 0 bridgehead atoms. The van der Waals surface area contributed by atoms with Gasteiger partial charge in [-0.2, -0.15) is 0 Å². The highest BCUT2D eigenvalue weighted by molar-refractivity contribution is 5.70. The molecule has 3 saturated heterocycles. The van der Waals surface area contributed by atoms with Crippen LogP contribution in [0.4, 0.5) is 0 Å². The van der Waals surface area contributed by atoms with Gasteiger partial charge < -0.3 is 38.5 Å². The maximum Gasteiger partial charge on any atom is 0.306 e. The van der Waals surface area contributed by atoms with Crippen LogP contribution >= 0.6 is 0 Å². The lowest BCUT2D eigenvalue weighted by molar-refractivity contribution is -0.173. The molecule has 10 heteroatoms. The van der Waals surface area contributed by atoms with Crippen molar-refractivity contribution in [2.24, 2.45) is 11.8 Å². The summed E-state index contributed by atoms with van der Waals surface area (Å²) in [6, 6.07) is 0. The van der Waals surface area contributed by atoms with E-state index in [9.17, 15) is 9.59 Å². The highest BCUT2D eigenvalue weighted by atomic mass is 16.6.